The number of nitrogens with one attached hydrogen (secondary N) is 1. The van der Waals surface area contributed by atoms with E-state index in [-0.39, 0.29) is 5.91 Å². The van der Waals surface area contributed by atoms with E-state index < -0.39 is 0 Å². The average Bonchev–Trinajstić information content (AvgIpc) is 3.04. The Morgan fingerprint density at radius 2 is 2.25 bits per heavy atom. The molecule has 1 aromatic carbocycles. The Kier molecular flexibility index (Phi) is 3.52. The number of rotatable bonds is 3. The first-order chi connectivity index (χ1) is 9.74. The second-order valence-corrected chi connectivity index (χ2v) is 5.53. The SMILES string of the molecule is Cn1ccsc1=NC(=O)CCc1c[nH]c2ccccc12. The number of carbonyl (C=O) groups excluding carboxylic acids is 1. The Hall–Kier alpha value is -2.14. The van der Waals surface area contributed by atoms with Crippen molar-refractivity contribution in [3.05, 3.63) is 52.4 Å². The molecule has 0 radical (unpaired) electrons. The lowest BCUT2D eigenvalue weighted by Crippen LogP contribution is -2.12. The van der Waals surface area contributed by atoms with E-state index in [1.165, 1.54) is 22.3 Å². The van der Waals surface area contributed by atoms with Crippen LogP contribution in [0.1, 0.15) is 12.0 Å². The molecule has 0 aliphatic rings. The number of hydrogen-bond donors (Lipinski definition) is 1. The number of benzene rings is 1. The van der Waals surface area contributed by atoms with Gasteiger partial charge in [0.1, 0.15) is 0 Å². The van der Waals surface area contributed by atoms with E-state index in [1.54, 1.807) is 0 Å². The Bertz CT molecular complexity index is 810. The highest BCUT2D eigenvalue weighted by atomic mass is 32.1. The van der Waals surface area contributed by atoms with E-state index in [4.69, 9.17) is 0 Å². The molecule has 0 unspecified atom stereocenters. The van der Waals surface area contributed by atoms with Gasteiger partial charge in [-0.2, -0.15) is 4.99 Å². The maximum absolute atomic E-state index is 11.9. The molecule has 0 bridgehead atoms. The minimum Gasteiger partial charge on any atom is -0.361 e. The van der Waals surface area contributed by atoms with Gasteiger partial charge in [0.2, 0.25) is 5.91 Å². The van der Waals surface area contributed by atoms with Gasteiger partial charge in [-0.25, -0.2) is 0 Å². The van der Waals surface area contributed by atoms with Gasteiger partial charge in [0.15, 0.2) is 4.80 Å². The van der Waals surface area contributed by atoms with Gasteiger partial charge < -0.3 is 9.55 Å². The van der Waals surface area contributed by atoms with Crippen LogP contribution in [-0.4, -0.2) is 15.5 Å². The number of para-hydroxylation sites is 1. The third-order valence-electron chi connectivity index (χ3n) is 3.26. The molecule has 0 saturated heterocycles. The van der Waals surface area contributed by atoms with Crippen LogP contribution >= 0.6 is 11.3 Å². The lowest BCUT2D eigenvalue weighted by atomic mass is 10.1. The number of hydrogen-bond acceptors (Lipinski definition) is 2. The second kappa shape index (κ2) is 5.46. The zero-order chi connectivity index (χ0) is 13.9. The molecule has 2 heterocycles. The zero-order valence-corrected chi connectivity index (χ0v) is 12.0. The summed E-state index contributed by atoms with van der Waals surface area (Å²) in [6.07, 6.45) is 5.01. The molecular weight excluding hydrogens is 270 g/mol. The van der Waals surface area contributed by atoms with Crippen LogP contribution < -0.4 is 4.80 Å². The summed E-state index contributed by atoms with van der Waals surface area (Å²) in [7, 11) is 1.89. The van der Waals surface area contributed by atoms with Crippen molar-refractivity contribution in [2.45, 2.75) is 12.8 Å². The van der Waals surface area contributed by atoms with Crippen molar-refractivity contribution in [2.24, 2.45) is 12.0 Å². The van der Waals surface area contributed by atoms with Crippen LogP contribution in [0.4, 0.5) is 0 Å². The molecule has 4 nitrogen and oxygen atoms in total. The number of H-pyrrole nitrogens is 1. The fourth-order valence-electron chi connectivity index (χ4n) is 2.18. The molecule has 3 rings (SSSR count). The first-order valence-electron chi connectivity index (χ1n) is 6.47. The van der Waals surface area contributed by atoms with Crippen molar-refractivity contribution in [3.63, 3.8) is 0 Å². The lowest BCUT2D eigenvalue weighted by molar-refractivity contribution is -0.118. The Morgan fingerprint density at radius 1 is 1.40 bits per heavy atom. The quantitative estimate of drug-likeness (QED) is 0.790. The minimum atomic E-state index is -0.0756. The number of aryl methyl sites for hydroxylation is 2. The third-order valence-corrected chi connectivity index (χ3v) is 4.11. The molecule has 3 aromatic rings. The molecule has 2 aromatic heterocycles. The van der Waals surface area contributed by atoms with E-state index in [0.29, 0.717) is 12.8 Å². The molecule has 102 valence electrons. The summed E-state index contributed by atoms with van der Waals surface area (Å²) in [6.45, 7) is 0. The number of fused-ring (bicyclic) bond motifs is 1. The molecule has 1 N–H and O–H groups in total. The van der Waals surface area contributed by atoms with Gasteiger partial charge in [0, 0.05) is 42.1 Å². The van der Waals surface area contributed by atoms with Gasteiger partial charge >= 0.3 is 0 Å². The lowest BCUT2D eigenvalue weighted by Gasteiger charge is -1.96. The van der Waals surface area contributed by atoms with E-state index >= 15 is 0 Å². The molecular formula is C15H15N3OS. The molecule has 20 heavy (non-hydrogen) atoms. The van der Waals surface area contributed by atoms with E-state index in [0.717, 1.165) is 10.3 Å². The minimum absolute atomic E-state index is 0.0756. The van der Waals surface area contributed by atoms with Crippen LogP contribution in [0.25, 0.3) is 10.9 Å². The Morgan fingerprint density at radius 3 is 3.05 bits per heavy atom. The predicted octanol–water partition coefficient (Wildman–Crippen LogP) is 2.63. The highest BCUT2D eigenvalue weighted by Gasteiger charge is 2.06. The number of carbonyl (C=O) groups is 1. The highest BCUT2D eigenvalue weighted by Crippen LogP contribution is 2.18. The van der Waals surface area contributed by atoms with Gasteiger partial charge in [-0.3, -0.25) is 4.79 Å². The van der Waals surface area contributed by atoms with Gasteiger partial charge in [-0.05, 0) is 18.1 Å². The summed E-state index contributed by atoms with van der Waals surface area (Å²) in [5.74, 6) is -0.0756. The van der Waals surface area contributed by atoms with Crippen LogP contribution in [0.5, 0.6) is 0 Å². The van der Waals surface area contributed by atoms with Gasteiger partial charge in [-0.15, -0.1) is 11.3 Å². The molecule has 5 heteroatoms. The number of amides is 1. The van der Waals surface area contributed by atoms with Crippen molar-refractivity contribution >= 4 is 28.1 Å². The fraction of sp³-hybridized carbons (Fsp3) is 0.200. The van der Waals surface area contributed by atoms with E-state index in [9.17, 15) is 4.79 Å². The molecule has 0 saturated carbocycles. The van der Waals surface area contributed by atoms with Crippen molar-refractivity contribution in [1.29, 1.82) is 0 Å². The van der Waals surface area contributed by atoms with Gasteiger partial charge in [0.05, 0.1) is 0 Å². The highest BCUT2D eigenvalue weighted by molar-refractivity contribution is 7.07. The number of thiazole rings is 1. The Balaban J connectivity index is 1.74. The normalized spacial score (nSPS) is 12.2. The van der Waals surface area contributed by atoms with Gasteiger partial charge in [0.25, 0.3) is 0 Å². The topological polar surface area (TPSA) is 50.1 Å². The largest absolute Gasteiger partial charge is 0.361 e. The summed E-state index contributed by atoms with van der Waals surface area (Å²) in [5.41, 5.74) is 2.27. The molecule has 0 fully saturated rings. The van der Waals surface area contributed by atoms with Crippen LogP contribution in [0.3, 0.4) is 0 Å². The zero-order valence-electron chi connectivity index (χ0n) is 11.2. The standard InChI is InChI=1S/C15H15N3OS/c1-18-8-9-20-15(18)17-14(19)7-6-11-10-16-13-5-3-2-4-12(11)13/h2-5,8-10,16H,6-7H2,1H3. The summed E-state index contributed by atoms with van der Waals surface area (Å²) in [4.78, 5) is 20.0. The van der Waals surface area contributed by atoms with E-state index in [1.807, 2.05) is 47.6 Å². The van der Waals surface area contributed by atoms with Gasteiger partial charge in [-0.1, -0.05) is 18.2 Å². The number of aromatic amines is 1. The van der Waals surface area contributed by atoms with Crippen molar-refractivity contribution in [1.82, 2.24) is 9.55 Å². The average molecular weight is 285 g/mol. The summed E-state index contributed by atoms with van der Waals surface area (Å²) in [5, 5.41) is 3.10. The first-order valence-corrected chi connectivity index (χ1v) is 7.34. The summed E-state index contributed by atoms with van der Waals surface area (Å²) >= 11 is 1.47. The maximum atomic E-state index is 11.9. The summed E-state index contributed by atoms with van der Waals surface area (Å²) < 4.78 is 1.86. The van der Waals surface area contributed by atoms with Crippen LogP contribution in [-0.2, 0) is 18.3 Å². The van der Waals surface area contributed by atoms with Crippen LogP contribution in [0, 0.1) is 0 Å². The fourth-order valence-corrected chi connectivity index (χ4v) is 2.92. The van der Waals surface area contributed by atoms with Crippen LogP contribution in [0.15, 0.2) is 47.0 Å². The molecule has 1 amide bonds. The van der Waals surface area contributed by atoms with Crippen molar-refractivity contribution in [2.75, 3.05) is 0 Å². The predicted molar refractivity (Wildman–Crippen MR) is 80.5 cm³/mol. The van der Waals surface area contributed by atoms with Crippen molar-refractivity contribution in [3.8, 4) is 0 Å². The molecule has 0 spiro atoms. The van der Waals surface area contributed by atoms with E-state index in [2.05, 4.69) is 16.0 Å². The number of nitrogens with zero attached hydrogens (tertiary/aromatic N) is 2. The smallest absolute Gasteiger partial charge is 0.248 e. The monoisotopic (exact) mass is 285 g/mol. The maximum Gasteiger partial charge on any atom is 0.248 e. The molecule has 0 aliphatic carbocycles. The second-order valence-electron chi connectivity index (χ2n) is 4.66. The molecule has 0 aliphatic heterocycles. The first kappa shape index (κ1) is 12.9. The number of aromatic nitrogens is 2. The van der Waals surface area contributed by atoms with Crippen LogP contribution in [0.2, 0.25) is 0 Å². The van der Waals surface area contributed by atoms with Crippen molar-refractivity contribution < 1.29 is 4.79 Å². The third kappa shape index (κ3) is 2.58. The molecule has 0 atom stereocenters. The Labute approximate surface area is 120 Å². The summed E-state index contributed by atoms with van der Waals surface area (Å²) in [6, 6.07) is 8.12.